The molecule has 1 aliphatic carbocycles. The summed E-state index contributed by atoms with van der Waals surface area (Å²) in [6, 6.07) is 9.60. The van der Waals surface area contributed by atoms with Crippen LogP contribution in [0.5, 0.6) is 0 Å². The molecule has 4 heteroatoms. The van der Waals surface area contributed by atoms with Gasteiger partial charge in [-0.05, 0) is 31.1 Å². The first-order chi connectivity index (χ1) is 10.2. The van der Waals surface area contributed by atoms with E-state index in [9.17, 15) is 0 Å². The fraction of sp³-hybridized carbons (Fsp3) is 0.471. The molecule has 0 N–H and O–H groups in total. The third kappa shape index (κ3) is 2.22. The molecule has 0 radical (unpaired) electrons. The van der Waals surface area contributed by atoms with Gasteiger partial charge < -0.3 is 4.90 Å². The largest absolute Gasteiger partial charge is 0.302 e. The maximum absolute atomic E-state index is 4.44. The summed E-state index contributed by atoms with van der Waals surface area (Å²) in [7, 11) is 4.43. The number of fused-ring (bicyclic) bond motifs is 3. The molecule has 21 heavy (non-hydrogen) atoms. The Morgan fingerprint density at radius 3 is 2.76 bits per heavy atom. The maximum Gasteiger partial charge on any atom is 0.107 e. The van der Waals surface area contributed by atoms with Crippen molar-refractivity contribution in [3.8, 4) is 0 Å². The van der Waals surface area contributed by atoms with E-state index in [2.05, 4.69) is 58.5 Å². The zero-order chi connectivity index (χ0) is 14.4. The van der Waals surface area contributed by atoms with Gasteiger partial charge in [0.15, 0.2) is 0 Å². The highest BCUT2D eigenvalue weighted by atomic mass is 32.1. The van der Waals surface area contributed by atoms with Crippen LogP contribution in [0.4, 0.5) is 0 Å². The zero-order valence-electron chi connectivity index (χ0n) is 12.6. The predicted molar refractivity (Wildman–Crippen MR) is 86.5 cm³/mol. The van der Waals surface area contributed by atoms with Gasteiger partial charge in [-0.1, -0.05) is 24.3 Å². The van der Waals surface area contributed by atoms with E-state index >= 15 is 0 Å². The molecule has 0 saturated carbocycles. The first kappa shape index (κ1) is 13.4. The number of aromatic nitrogens is 1. The summed E-state index contributed by atoms with van der Waals surface area (Å²) in [5.74, 6) is 1.41. The number of rotatable bonds is 3. The van der Waals surface area contributed by atoms with Crippen molar-refractivity contribution in [3.05, 3.63) is 52.0 Å². The lowest BCUT2D eigenvalue weighted by atomic mass is 9.94. The number of thiazole rings is 1. The van der Waals surface area contributed by atoms with E-state index in [1.54, 1.807) is 22.5 Å². The Hall–Kier alpha value is -1.23. The first-order valence-corrected chi connectivity index (χ1v) is 8.48. The second-order valence-electron chi connectivity index (χ2n) is 6.43. The highest BCUT2D eigenvalue weighted by molar-refractivity contribution is 7.09. The van der Waals surface area contributed by atoms with Crippen LogP contribution in [-0.4, -0.2) is 42.0 Å². The summed E-state index contributed by atoms with van der Waals surface area (Å²) in [6.07, 6.45) is 1.91. The topological polar surface area (TPSA) is 19.4 Å². The molecular formula is C17H21N3S. The van der Waals surface area contributed by atoms with E-state index < -0.39 is 0 Å². The average Bonchev–Trinajstić information content (AvgIpc) is 3.14. The highest BCUT2D eigenvalue weighted by Crippen LogP contribution is 2.51. The zero-order valence-corrected chi connectivity index (χ0v) is 13.4. The molecule has 3 nitrogen and oxygen atoms in total. The SMILES string of the molecule is CN(C)[C@H]1c2ccccc2[C@@H]2CN(Cc3nccs3)C[C@@H]21. The fourth-order valence-corrected chi connectivity index (χ4v) is 4.88. The van der Waals surface area contributed by atoms with Crippen LogP contribution in [0.3, 0.4) is 0 Å². The molecule has 2 aliphatic rings. The van der Waals surface area contributed by atoms with Gasteiger partial charge in [0.2, 0.25) is 0 Å². The van der Waals surface area contributed by atoms with Crippen molar-refractivity contribution in [1.82, 2.24) is 14.8 Å². The minimum Gasteiger partial charge on any atom is -0.302 e. The summed E-state index contributed by atoms with van der Waals surface area (Å²) in [4.78, 5) is 9.42. The van der Waals surface area contributed by atoms with E-state index in [1.165, 1.54) is 18.1 Å². The molecule has 3 atom stereocenters. The van der Waals surface area contributed by atoms with Crippen LogP contribution in [0.15, 0.2) is 35.8 Å². The first-order valence-electron chi connectivity index (χ1n) is 7.60. The summed E-state index contributed by atoms with van der Waals surface area (Å²) in [5.41, 5.74) is 3.12. The summed E-state index contributed by atoms with van der Waals surface area (Å²) in [6.45, 7) is 3.36. The van der Waals surface area contributed by atoms with E-state index in [0.717, 1.165) is 12.5 Å². The second-order valence-corrected chi connectivity index (χ2v) is 7.41. The van der Waals surface area contributed by atoms with Crippen LogP contribution in [0.2, 0.25) is 0 Å². The lowest BCUT2D eigenvalue weighted by Gasteiger charge is -2.27. The molecule has 0 spiro atoms. The molecule has 4 rings (SSSR count). The number of hydrogen-bond acceptors (Lipinski definition) is 4. The summed E-state index contributed by atoms with van der Waals surface area (Å²) in [5, 5.41) is 3.31. The van der Waals surface area contributed by atoms with Gasteiger partial charge in [0, 0.05) is 36.6 Å². The summed E-state index contributed by atoms with van der Waals surface area (Å²) < 4.78 is 0. The molecule has 1 aromatic heterocycles. The van der Waals surface area contributed by atoms with Crippen molar-refractivity contribution in [3.63, 3.8) is 0 Å². The Morgan fingerprint density at radius 2 is 2.05 bits per heavy atom. The lowest BCUT2D eigenvalue weighted by Crippen LogP contribution is -2.28. The van der Waals surface area contributed by atoms with Gasteiger partial charge in [-0.3, -0.25) is 4.90 Å². The quantitative estimate of drug-likeness (QED) is 0.868. The van der Waals surface area contributed by atoms with Crippen molar-refractivity contribution < 1.29 is 0 Å². The normalized spacial score (nSPS) is 28.0. The molecule has 2 heterocycles. The Morgan fingerprint density at radius 1 is 1.24 bits per heavy atom. The minimum absolute atomic E-state index is 0.562. The van der Waals surface area contributed by atoms with E-state index in [1.807, 2.05) is 6.20 Å². The monoisotopic (exact) mass is 299 g/mol. The van der Waals surface area contributed by atoms with E-state index in [0.29, 0.717) is 12.0 Å². The van der Waals surface area contributed by atoms with Gasteiger partial charge in [-0.25, -0.2) is 4.98 Å². The van der Waals surface area contributed by atoms with Gasteiger partial charge in [-0.2, -0.15) is 0 Å². The molecule has 0 amide bonds. The standard InChI is InChI=1S/C17H21N3S/c1-19(2)17-13-6-4-3-5-12(13)14-9-20(10-15(14)17)11-16-18-7-8-21-16/h3-8,14-15,17H,9-11H2,1-2H3/t14-,15-,17-/m0/s1. The lowest BCUT2D eigenvalue weighted by molar-refractivity contribution is 0.212. The molecule has 0 unspecified atom stereocenters. The number of benzene rings is 1. The average molecular weight is 299 g/mol. The van der Waals surface area contributed by atoms with E-state index in [4.69, 9.17) is 0 Å². The molecule has 2 aromatic rings. The van der Waals surface area contributed by atoms with Crippen molar-refractivity contribution >= 4 is 11.3 Å². The van der Waals surface area contributed by atoms with Crippen LogP contribution in [0.25, 0.3) is 0 Å². The van der Waals surface area contributed by atoms with Gasteiger partial charge in [0.1, 0.15) is 5.01 Å². The molecule has 1 fully saturated rings. The second kappa shape index (κ2) is 5.20. The number of nitrogens with zero attached hydrogens (tertiary/aromatic N) is 3. The smallest absolute Gasteiger partial charge is 0.107 e. The Bertz CT molecular complexity index is 623. The van der Waals surface area contributed by atoms with Crippen LogP contribution >= 0.6 is 11.3 Å². The number of likely N-dealkylation sites (tertiary alicyclic amines) is 1. The third-order valence-electron chi connectivity index (χ3n) is 4.96. The molecular weight excluding hydrogens is 278 g/mol. The van der Waals surface area contributed by atoms with Crippen molar-refractivity contribution in [2.75, 3.05) is 27.2 Å². The van der Waals surface area contributed by atoms with Crippen LogP contribution in [0.1, 0.15) is 28.1 Å². The van der Waals surface area contributed by atoms with E-state index in [-0.39, 0.29) is 0 Å². The highest BCUT2D eigenvalue weighted by Gasteiger charge is 2.46. The van der Waals surface area contributed by atoms with Gasteiger partial charge in [0.25, 0.3) is 0 Å². The van der Waals surface area contributed by atoms with Crippen LogP contribution < -0.4 is 0 Å². The van der Waals surface area contributed by atoms with Crippen LogP contribution in [-0.2, 0) is 6.54 Å². The number of hydrogen-bond donors (Lipinski definition) is 0. The minimum atomic E-state index is 0.562. The molecule has 1 aliphatic heterocycles. The predicted octanol–water partition coefficient (Wildman–Crippen LogP) is 2.98. The van der Waals surface area contributed by atoms with Crippen molar-refractivity contribution in [1.29, 1.82) is 0 Å². The molecule has 0 bridgehead atoms. The Balaban J connectivity index is 1.61. The van der Waals surface area contributed by atoms with Crippen molar-refractivity contribution in [2.24, 2.45) is 5.92 Å². The fourth-order valence-electron chi connectivity index (χ4n) is 4.22. The maximum atomic E-state index is 4.44. The molecule has 1 saturated heterocycles. The van der Waals surface area contributed by atoms with Crippen LogP contribution in [0, 0.1) is 5.92 Å². The Labute approximate surface area is 130 Å². The molecule has 1 aromatic carbocycles. The summed E-state index contributed by atoms with van der Waals surface area (Å²) >= 11 is 1.77. The third-order valence-corrected chi connectivity index (χ3v) is 5.72. The van der Waals surface area contributed by atoms with Gasteiger partial charge in [-0.15, -0.1) is 11.3 Å². The Kier molecular flexibility index (Phi) is 3.32. The van der Waals surface area contributed by atoms with Gasteiger partial charge >= 0.3 is 0 Å². The van der Waals surface area contributed by atoms with Gasteiger partial charge in [0.05, 0.1) is 6.54 Å². The van der Waals surface area contributed by atoms with Crippen molar-refractivity contribution in [2.45, 2.75) is 18.5 Å². The molecule has 110 valence electrons.